The van der Waals surface area contributed by atoms with Gasteiger partial charge in [-0.1, -0.05) is 6.07 Å². The van der Waals surface area contributed by atoms with Crippen molar-refractivity contribution < 1.29 is 4.39 Å². The van der Waals surface area contributed by atoms with Crippen molar-refractivity contribution in [3.8, 4) is 6.07 Å². The van der Waals surface area contributed by atoms with E-state index in [1.165, 1.54) is 12.1 Å². The molecule has 0 radical (unpaired) electrons. The molecule has 0 bridgehead atoms. The van der Waals surface area contributed by atoms with Gasteiger partial charge < -0.3 is 5.73 Å². The van der Waals surface area contributed by atoms with Gasteiger partial charge in [0.15, 0.2) is 0 Å². The zero-order chi connectivity index (χ0) is 9.14. The first-order valence-electron chi connectivity index (χ1n) is 3.60. The number of halogens is 1. The average molecular weight is 164 g/mol. The number of hydrogen-bond acceptors (Lipinski definition) is 2. The minimum atomic E-state index is -0.498. The smallest absolute Gasteiger partial charge is 0.140 e. The van der Waals surface area contributed by atoms with Crippen LogP contribution in [-0.2, 0) is 0 Å². The van der Waals surface area contributed by atoms with Crippen LogP contribution >= 0.6 is 0 Å². The quantitative estimate of drug-likeness (QED) is 0.687. The normalized spacial score (nSPS) is 12.2. The van der Waals surface area contributed by atoms with Crippen LogP contribution in [0.25, 0.3) is 0 Å². The van der Waals surface area contributed by atoms with Crippen LogP contribution < -0.4 is 5.73 Å². The summed E-state index contributed by atoms with van der Waals surface area (Å²) < 4.78 is 12.8. The van der Waals surface area contributed by atoms with E-state index in [1.54, 1.807) is 19.1 Å². The number of hydrogen-bond donors (Lipinski definition) is 1. The second kappa shape index (κ2) is 3.33. The maximum Gasteiger partial charge on any atom is 0.140 e. The van der Waals surface area contributed by atoms with Crippen molar-refractivity contribution in [2.45, 2.75) is 13.0 Å². The number of benzene rings is 1. The first-order valence-corrected chi connectivity index (χ1v) is 3.60. The van der Waals surface area contributed by atoms with Gasteiger partial charge in [0.05, 0.1) is 5.56 Å². The second-order valence-electron chi connectivity index (χ2n) is 2.64. The fraction of sp³-hybridized carbons (Fsp3) is 0.222. The van der Waals surface area contributed by atoms with Gasteiger partial charge in [-0.15, -0.1) is 0 Å². The van der Waals surface area contributed by atoms with Crippen LogP contribution in [0.2, 0.25) is 0 Å². The number of nitrogens with two attached hydrogens (primary N) is 1. The summed E-state index contributed by atoms with van der Waals surface area (Å²) in [7, 11) is 0. The Morgan fingerprint density at radius 1 is 1.58 bits per heavy atom. The van der Waals surface area contributed by atoms with Crippen molar-refractivity contribution in [2.24, 2.45) is 5.73 Å². The van der Waals surface area contributed by atoms with E-state index in [0.717, 1.165) is 5.56 Å². The standard InChI is InChI=1S/C9H9FN2/c1-6(12)7-2-3-9(10)8(4-7)5-11/h2-4,6H,12H2,1H3/t6-/m1/s1. The van der Waals surface area contributed by atoms with Gasteiger partial charge >= 0.3 is 0 Å². The van der Waals surface area contributed by atoms with E-state index < -0.39 is 5.82 Å². The summed E-state index contributed by atoms with van der Waals surface area (Å²) in [5.41, 5.74) is 6.37. The van der Waals surface area contributed by atoms with E-state index in [1.807, 2.05) is 0 Å². The van der Waals surface area contributed by atoms with Crippen molar-refractivity contribution in [2.75, 3.05) is 0 Å². The highest BCUT2D eigenvalue weighted by Gasteiger charge is 2.04. The molecule has 12 heavy (non-hydrogen) atoms. The molecule has 62 valence electrons. The first kappa shape index (κ1) is 8.69. The molecule has 1 aromatic carbocycles. The Bertz CT molecular complexity index is 326. The van der Waals surface area contributed by atoms with Crippen molar-refractivity contribution in [1.82, 2.24) is 0 Å². The molecule has 1 rings (SSSR count). The van der Waals surface area contributed by atoms with Crippen molar-refractivity contribution in [3.63, 3.8) is 0 Å². The van der Waals surface area contributed by atoms with E-state index in [-0.39, 0.29) is 11.6 Å². The third-order valence-corrected chi connectivity index (χ3v) is 1.64. The Balaban J connectivity index is 3.16. The molecule has 0 fully saturated rings. The van der Waals surface area contributed by atoms with Crippen molar-refractivity contribution >= 4 is 0 Å². The molecule has 0 heterocycles. The molecule has 0 saturated carbocycles. The predicted molar refractivity (Wildman–Crippen MR) is 43.7 cm³/mol. The molecule has 2 nitrogen and oxygen atoms in total. The molecule has 0 saturated heterocycles. The van der Waals surface area contributed by atoms with Gasteiger partial charge in [0, 0.05) is 6.04 Å². The largest absolute Gasteiger partial charge is 0.324 e. The fourth-order valence-electron chi connectivity index (χ4n) is 0.912. The summed E-state index contributed by atoms with van der Waals surface area (Å²) in [5, 5.41) is 8.49. The summed E-state index contributed by atoms with van der Waals surface area (Å²) in [5.74, 6) is -0.498. The van der Waals surface area contributed by atoms with Crippen molar-refractivity contribution in [1.29, 1.82) is 5.26 Å². The van der Waals surface area contributed by atoms with Crippen LogP contribution in [0.5, 0.6) is 0 Å². The number of rotatable bonds is 1. The van der Waals surface area contributed by atoms with E-state index in [9.17, 15) is 4.39 Å². The lowest BCUT2D eigenvalue weighted by molar-refractivity contribution is 0.622. The molecule has 0 amide bonds. The Morgan fingerprint density at radius 2 is 2.25 bits per heavy atom. The lowest BCUT2D eigenvalue weighted by Crippen LogP contribution is -2.05. The zero-order valence-corrected chi connectivity index (χ0v) is 6.71. The second-order valence-corrected chi connectivity index (χ2v) is 2.64. The fourth-order valence-corrected chi connectivity index (χ4v) is 0.912. The zero-order valence-electron chi connectivity index (χ0n) is 6.71. The van der Waals surface area contributed by atoms with Gasteiger partial charge in [0.25, 0.3) is 0 Å². The summed E-state index contributed by atoms with van der Waals surface area (Å²) >= 11 is 0. The van der Waals surface area contributed by atoms with Crippen LogP contribution in [-0.4, -0.2) is 0 Å². The molecule has 2 N–H and O–H groups in total. The van der Waals surface area contributed by atoms with E-state index in [0.29, 0.717) is 0 Å². The van der Waals surface area contributed by atoms with Gasteiger partial charge in [-0.25, -0.2) is 4.39 Å². The molecule has 0 unspecified atom stereocenters. The third-order valence-electron chi connectivity index (χ3n) is 1.64. The SMILES string of the molecule is C[C@@H](N)c1ccc(F)c(C#N)c1. The molecular weight excluding hydrogens is 155 g/mol. The highest BCUT2D eigenvalue weighted by Crippen LogP contribution is 2.14. The van der Waals surface area contributed by atoms with Crippen LogP contribution in [0.15, 0.2) is 18.2 Å². The van der Waals surface area contributed by atoms with Crippen LogP contribution in [0, 0.1) is 17.1 Å². The maximum absolute atomic E-state index is 12.8. The van der Waals surface area contributed by atoms with Crippen LogP contribution in [0.3, 0.4) is 0 Å². The molecule has 0 aliphatic heterocycles. The lowest BCUT2D eigenvalue weighted by atomic mass is 10.1. The van der Waals surface area contributed by atoms with Gasteiger partial charge in [-0.05, 0) is 24.6 Å². The number of nitrogens with zero attached hydrogens (tertiary/aromatic N) is 1. The molecule has 1 aromatic rings. The van der Waals surface area contributed by atoms with E-state index in [4.69, 9.17) is 11.0 Å². The van der Waals surface area contributed by atoms with Gasteiger partial charge in [0.2, 0.25) is 0 Å². The Morgan fingerprint density at radius 3 is 2.75 bits per heavy atom. The van der Waals surface area contributed by atoms with E-state index in [2.05, 4.69) is 0 Å². The highest BCUT2D eigenvalue weighted by molar-refractivity contribution is 5.35. The molecule has 0 aromatic heterocycles. The maximum atomic E-state index is 12.8. The topological polar surface area (TPSA) is 49.8 Å². The van der Waals surface area contributed by atoms with Gasteiger partial charge in [0.1, 0.15) is 11.9 Å². The monoisotopic (exact) mass is 164 g/mol. The van der Waals surface area contributed by atoms with Gasteiger partial charge in [-0.3, -0.25) is 0 Å². The third kappa shape index (κ3) is 1.60. The summed E-state index contributed by atoms with van der Waals surface area (Å²) in [4.78, 5) is 0. The minimum Gasteiger partial charge on any atom is -0.324 e. The number of nitriles is 1. The lowest BCUT2D eigenvalue weighted by Gasteiger charge is -2.04. The average Bonchev–Trinajstić information content (AvgIpc) is 2.05. The van der Waals surface area contributed by atoms with Crippen LogP contribution in [0.4, 0.5) is 4.39 Å². The molecule has 0 aliphatic rings. The van der Waals surface area contributed by atoms with Crippen LogP contribution in [0.1, 0.15) is 24.1 Å². The van der Waals surface area contributed by atoms with E-state index >= 15 is 0 Å². The molecule has 0 aliphatic carbocycles. The molecule has 3 heteroatoms. The van der Waals surface area contributed by atoms with Gasteiger partial charge in [-0.2, -0.15) is 5.26 Å². The molecule has 1 atom stereocenters. The van der Waals surface area contributed by atoms with Crippen molar-refractivity contribution in [3.05, 3.63) is 35.1 Å². The Labute approximate surface area is 70.4 Å². The summed E-state index contributed by atoms with van der Waals surface area (Å²) in [6.07, 6.45) is 0. The Kier molecular flexibility index (Phi) is 2.41. The summed E-state index contributed by atoms with van der Waals surface area (Å²) in [6.45, 7) is 1.79. The first-order chi connectivity index (χ1) is 5.65. The Hall–Kier alpha value is -1.40. The molecular formula is C9H9FN2. The summed E-state index contributed by atoms with van der Waals surface area (Å²) in [6, 6.07) is 5.91. The minimum absolute atomic E-state index is 0.0461. The predicted octanol–water partition coefficient (Wildman–Crippen LogP) is 1.72. The highest BCUT2D eigenvalue weighted by atomic mass is 19.1. The molecule has 0 spiro atoms.